The first-order valence-corrected chi connectivity index (χ1v) is 10.2. The summed E-state index contributed by atoms with van der Waals surface area (Å²) in [5.74, 6) is 0.302. The van der Waals surface area contributed by atoms with Gasteiger partial charge in [0.05, 0.1) is 24.6 Å². The van der Waals surface area contributed by atoms with E-state index in [0.29, 0.717) is 5.75 Å². The van der Waals surface area contributed by atoms with E-state index in [4.69, 9.17) is 4.74 Å². The third-order valence-electron chi connectivity index (χ3n) is 4.31. The van der Waals surface area contributed by atoms with Crippen LogP contribution in [0.1, 0.15) is 31.0 Å². The Hall–Kier alpha value is -2.38. The molecule has 0 unspecified atom stereocenters. The topological polar surface area (TPSA) is 75.7 Å². The summed E-state index contributed by atoms with van der Waals surface area (Å²) in [7, 11) is -2.16. The normalized spacial score (nSPS) is 12.6. The molecule has 0 bridgehead atoms. The minimum atomic E-state index is -3.73. The van der Waals surface area contributed by atoms with Crippen LogP contribution in [0.4, 0.5) is 0 Å². The zero-order valence-corrected chi connectivity index (χ0v) is 16.9. The smallest absolute Gasteiger partial charge is 0.243 e. The average Bonchev–Trinajstić information content (AvgIpc) is 2.66. The fourth-order valence-corrected chi connectivity index (χ4v) is 4.18. The van der Waals surface area contributed by atoms with Crippen LogP contribution in [-0.2, 0) is 14.8 Å². The fourth-order valence-electron chi connectivity index (χ4n) is 2.78. The molecule has 0 aliphatic rings. The lowest BCUT2D eigenvalue weighted by atomic mass is 10.1. The van der Waals surface area contributed by atoms with Gasteiger partial charge in [0.15, 0.2) is 0 Å². The number of hydrogen-bond acceptors (Lipinski definition) is 4. The molecule has 0 saturated carbocycles. The van der Waals surface area contributed by atoms with E-state index in [9.17, 15) is 13.2 Å². The van der Waals surface area contributed by atoms with Gasteiger partial charge in [0.2, 0.25) is 15.9 Å². The number of hydrogen-bond donors (Lipinski definition) is 1. The quantitative estimate of drug-likeness (QED) is 0.752. The van der Waals surface area contributed by atoms with Crippen LogP contribution in [-0.4, -0.2) is 38.8 Å². The lowest BCUT2D eigenvalue weighted by Gasteiger charge is -2.22. The highest BCUT2D eigenvalue weighted by molar-refractivity contribution is 7.89. The second kappa shape index (κ2) is 9.01. The van der Waals surface area contributed by atoms with Gasteiger partial charge in [-0.15, -0.1) is 0 Å². The van der Waals surface area contributed by atoms with Crippen LogP contribution in [0, 0.1) is 6.92 Å². The molecule has 2 aromatic carbocycles. The van der Waals surface area contributed by atoms with Gasteiger partial charge in [0.1, 0.15) is 5.75 Å². The predicted octanol–water partition coefficient (Wildman–Crippen LogP) is 2.89. The molecule has 27 heavy (non-hydrogen) atoms. The monoisotopic (exact) mass is 390 g/mol. The molecule has 0 fully saturated rings. The summed E-state index contributed by atoms with van der Waals surface area (Å²) in [6.45, 7) is 5.39. The molecule has 1 amide bonds. The molecule has 7 heteroatoms. The molecule has 0 spiro atoms. The molecule has 6 nitrogen and oxygen atoms in total. The number of sulfonamides is 1. The Kier molecular flexibility index (Phi) is 6.98. The number of methoxy groups -OCH3 is 1. The summed E-state index contributed by atoms with van der Waals surface area (Å²) in [4.78, 5) is 12.7. The Morgan fingerprint density at radius 1 is 1.15 bits per heavy atom. The third kappa shape index (κ3) is 5.08. The van der Waals surface area contributed by atoms with Crippen LogP contribution in [0.15, 0.2) is 53.4 Å². The lowest BCUT2D eigenvalue weighted by molar-refractivity contribution is -0.121. The maximum atomic E-state index is 12.8. The molecular weight excluding hydrogens is 364 g/mol. The van der Waals surface area contributed by atoms with Crippen LogP contribution < -0.4 is 10.1 Å². The van der Waals surface area contributed by atoms with E-state index in [2.05, 4.69) is 5.32 Å². The fraction of sp³-hybridized carbons (Fsp3) is 0.350. The highest BCUT2D eigenvalue weighted by atomic mass is 32.2. The van der Waals surface area contributed by atoms with Gasteiger partial charge in [-0.05, 0) is 32.0 Å². The zero-order chi connectivity index (χ0) is 20.0. The second-order valence-electron chi connectivity index (χ2n) is 6.28. The Bertz CT molecular complexity index is 879. The van der Waals surface area contributed by atoms with E-state index in [0.717, 1.165) is 11.1 Å². The summed E-state index contributed by atoms with van der Waals surface area (Å²) in [5, 5.41) is 2.84. The number of para-hydroxylation sites is 1. The maximum absolute atomic E-state index is 12.8. The van der Waals surface area contributed by atoms with E-state index in [1.54, 1.807) is 38.3 Å². The van der Waals surface area contributed by atoms with E-state index >= 15 is 0 Å². The van der Waals surface area contributed by atoms with Gasteiger partial charge in [-0.2, -0.15) is 4.31 Å². The number of aryl methyl sites for hydroxylation is 1. The number of carbonyl (C=O) groups excluding carboxylic acids is 1. The number of carbonyl (C=O) groups is 1. The van der Waals surface area contributed by atoms with E-state index < -0.39 is 10.0 Å². The Balaban J connectivity index is 2.11. The van der Waals surface area contributed by atoms with Gasteiger partial charge < -0.3 is 10.1 Å². The van der Waals surface area contributed by atoms with Crippen LogP contribution in [0.3, 0.4) is 0 Å². The van der Waals surface area contributed by atoms with E-state index in [-0.39, 0.29) is 29.9 Å². The van der Waals surface area contributed by atoms with Crippen molar-refractivity contribution >= 4 is 15.9 Å². The molecule has 0 aliphatic carbocycles. The number of nitrogens with zero attached hydrogens (tertiary/aromatic N) is 1. The van der Waals surface area contributed by atoms with Crippen molar-refractivity contribution in [2.45, 2.75) is 31.7 Å². The Labute approximate surface area is 161 Å². The molecule has 1 N–H and O–H groups in total. The first-order chi connectivity index (χ1) is 12.8. The van der Waals surface area contributed by atoms with Gasteiger partial charge in [-0.3, -0.25) is 4.79 Å². The molecule has 2 rings (SSSR count). The van der Waals surface area contributed by atoms with Crippen molar-refractivity contribution in [2.75, 3.05) is 20.2 Å². The van der Waals surface area contributed by atoms with Crippen LogP contribution in [0.5, 0.6) is 5.75 Å². The second-order valence-corrected chi connectivity index (χ2v) is 8.21. The summed E-state index contributed by atoms with van der Waals surface area (Å²) < 4.78 is 32.1. The van der Waals surface area contributed by atoms with Gasteiger partial charge in [-0.1, -0.05) is 42.8 Å². The minimum Gasteiger partial charge on any atom is -0.496 e. The van der Waals surface area contributed by atoms with Gasteiger partial charge in [0.25, 0.3) is 0 Å². The van der Waals surface area contributed by atoms with Crippen molar-refractivity contribution in [1.29, 1.82) is 0 Å². The predicted molar refractivity (Wildman–Crippen MR) is 105 cm³/mol. The SMILES string of the molecule is CCN(CC(=O)N[C@@H](C)c1ccccc1OC)S(=O)(=O)c1ccc(C)cc1. The number of amides is 1. The number of benzene rings is 2. The largest absolute Gasteiger partial charge is 0.496 e. The van der Waals surface area contributed by atoms with Crippen LogP contribution in [0.25, 0.3) is 0 Å². The molecule has 0 aliphatic heterocycles. The lowest BCUT2D eigenvalue weighted by Crippen LogP contribution is -2.41. The number of likely N-dealkylation sites (N-methyl/N-ethyl adjacent to an activating group) is 1. The standard InChI is InChI=1S/C20H26N2O4S/c1-5-22(27(24,25)17-12-10-15(2)11-13-17)14-20(23)21-16(3)18-8-6-7-9-19(18)26-4/h6-13,16H,5,14H2,1-4H3,(H,21,23)/t16-/m0/s1. The van der Waals surface area contributed by atoms with Crippen molar-refractivity contribution in [1.82, 2.24) is 9.62 Å². The van der Waals surface area contributed by atoms with Gasteiger partial charge in [0, 0.05) is 12.1 Å². The van der Waals surface area contributed by atoms with Gasteiger partial charge in [-0.25, -0.2) is 8.42 Å². The first-order valence-electron chi connectivity index (χ1n) is 8.78. The average molecular weight is 391 g/mol. The summed E-state index contributed by atoms with van der Waals surface area (Å²) in [5.41, 5.74) is 1.80. The highest BCUT2D eigenvalue weighted by Gasteiger charge is 2.26. The summed E-state index contributed by atoms with van der Waals surface area (Å²) in [6.07, 6.45) is 0. The first kappa shape index (κ1) is 20.9. The van der Waals surface area contributed by atoms with E-state index in [1.807, 2.05) is 38.1 Å². The molecule has 0 saturated heterocycles. The van der Waals surface area contributed by atoms with Crippen molar-refractivity contribution in [3.05, 3.63) is 59.7 Å². The van der Waals surface area contributed by atoms with Crippen molar-refractivity contribution in [3.63, 3.8) is 0 Å². The summed E-state index contributed by atoms with van der Waals surface area (Å²) >= 11 is 0. The molecule has 146 valence electrons. The molecule has 2 aromatic rings. The third-order valence-corrected chi connectivity index (χ3v) is 6.25. The summed E-state index contributed by atoms with van der Waals surface area (Å²) in [6, 6.07) is 13.7. The Morgan fingerprint density at radius 2 is 1.78 bits per heavy atom. The van der Waals surface area contributed by atoms with Crippen LogP contribution in [0.2, 0.25) is 0 Å². The van der Waals surface area contributed by atoms with Crippen LogP contribution >= 0.6 is 0 Å². The van der Waals surface area contributed by atoms with E-state index in [1.165, 1.54) is 4.31 Å². The molecular formula is C20H26N2O4S. The van der Waals surface area contributed by atoms with Crippen molar-refractivity contribution < 1.29 is 17.9 Å². The highest BCUT2D eigenvalue weighted by Crippen LogP contribution is 2.24. The minimum absolute atomic E-state index is 0.181. The van der Waals surface area contributed by atoms with Crippen molar-refractivity contribution in [2.24, 2.45) is 0 Å². The molecule has 0 radical (unpaired) electrons. The molecule has 1 atom stereocenters. The zero-order valence-electron chi connectivity index (χ0n) is 16.1. The number of ether oxygens (including phenoxy) is 1. The molecule has 0 heterocycles. The number of rotatable bonds is 8. The molecule has 0 aromatic heterocycles. The Morgan fingerprint density at radius 3 is 2.37 bits per heavy atom. The van der Waals surface area contributed by atoms with Gasteiger partial charge >= 0.3 is 0 Å². The number of nitrogens with one attached hydrogen (secondary N) is 1. The van der Waals surface area contributed by atoms with Crippen molar-refractivity contribution in [3.8, 4) is 5.75 Å². The maximum Gasteiger partial charge on any atom is 0.243 e.